The molecule has 1 N–H and O–H groups in total. The van der Waals surface area contributed by atoms with E-state index in [9.17, 15) is 19.5 Å². The molecule has 1 aromatic rings. The minimum Gasteiger partial charge on any atom is -0.479 e. The van der Waals surface area contributed by atoms with Gasteiger partial charge in [0.1, 0.15) is 5.54 Å². The molecule has 0 fully saturated rings. The van der Waals surface area contributed by atoms with E-state index in [4.69, 9.17) is 0 Å². The number of carbonyl (C=O) groups is 3. The topological polar surface area (TPSA) is 74.7 Å². The number of benzene rings is 1. The summed E-state index contributed by atoms with van der Waals surface area (Å²) in [5, 5.41) is 8.78. The number of carboxylic acid groups (broad SMARTS) is 1. The van der Waals surface area contributed by atoms with Crippen LogP contribution in [0.3, 0.4) is 0 Å². The standard InChI is InChI=1S/C15H17NO4S/c1-9(21-10(2)17)13(18)16-12-7-5-4-6-11(12)8-15(16,3)14(19)20/h4-7,9H,8H2,1-3H3,(H,19,20). The number of anilines is 1. The van der Waals surface area contributed by atoms with Gasteiger partial charge in [0.15, 0.2) is 5.12 Å². The fourth-order valence-electron chi connectivity index (χ4n) is 2.61. The summed E-state index contributed by atoms with van der Waals surface area (Å²) in [4.78, 5) is 36.9. The number of thioether (sulfide) groups is 1. The van der Waals surface area contributed by atoms with E-state index < -0.39 is 16.8 Å². The van der Waals surface area contributed by atoms with Gasteiger partial charge in [-0.3, -0.25) is 14.5 Å². The first kappa shape index (κ1) is 15.6. The lowest BCUT2D eigenvalue weighted by Crippen LogP contribution is -2.55. The predicted molar refractivity (Wildman–Crippen MR) is 81.4 cm³/mol. The Kier molecular flexibility index (Phi) is 4.09. The summed E-state index contributed by atoms with van der Waals surface area (Å²) in [5.41, 5.74) is 0.131. The van der Waals surface area contributed by atoms with Gasteiger partial charge in [0.2, 0.25) is 5.91 Å². The van der Waals surface area contributed by atoms with E-state index in [1.807, 2.05) is 12.1 Å². The number of amides is 1. The molecule has 0 radical (unpaired) electrons. The number of fused-ring (bicyclic) bond motifs is 1. The molecule has 1 aliphatic rings. The van der Waals surface area contributed by atoms with Crippen LogP contribution in [-0.4, -0.2) is 32.9 Å². The van der Waals surface area contributed by atoms with Crippen LogP contribution in [0.15, 0.2) is 24.3 Å². The van der Waals surface area contributed by atoms with Crippen LogP contribution in [-0.2, 0) is 20.8 Å². The molecular weight excluding hydrogens is 290 g/mol. The third kappa shape index (κ3) is 2.68. The van der Waals surface area contributed by atoms with Crippen molar-refractivity contribution in [3.63, 3.8) is 0 Å². The van der Waals surface area contributed by atoms with E-state index in [1.165, 1.54) is 11.8 Å². The number of hydrogen-bond acceptors (Lipinski definition) is 4. The zero-order valence-electron chi connectivity index (χ0n) is 12.1. The lowest BCUT2D eigenvalue weighted by atomic mass is 9.96. The van der Waals surface area contributed by atoms with Crippen LogP contribution in [0.1, 0.15) is 26.3 Å². The highest BCUT2D eigenvalue weighted by molar-refractivity contribution is 8.14. The van der Waals surface area contributed by atoms with E-state index >= 15 is 0 Å². The molecule has 112 valence electrons. The highest BCUT2D eigenvalue weighted by atomic mass is 32.2. The van der Waals surface area contributed by atoms with Crippen molar-refractivity contribution in [1.29, 1.82) is 0 Å². The highest BCUT2D eigenvalue weighted by Crippen LogP contribution is 2.40. The van der Waals surface area contributed by atoms with Crippen molar-refractivity contribution in [2.45, 2.75) is 38.0 Å². The fourth-order valence-corrected chi connectivity index (χ4v) is 3.31. The van der Waals surface area contributed by atoms with Gasteiger partial charge < -0.3 is 5.11 Å². The second kappa shape index (κ2) is 5.52. The van der Waals surface area contributed by atoms with Crippen molar-refractivity contribution in [3.8, 4) is 0 Å². The maximum Gasteiger partial charge on any atom is 0.330 e. The number of hydrogen-bond donors (Lipinski definition) is 1. The fraction of sp³-hybridized carbons (Fsp3) is 0.400. The Labute approximate surface area is 127 Å². The first-order chi connectivity index (χ1) is 9.77. The first-order valence-corrected chi connectivity index (χ1v) is 7.48. The average molecular weight is 307 g/mol. The van der Waals surface area contributed by atoms with E-state index in [2.05, 4.69) is 0 Å². The highest BCUT2D eigenvalue weighted by Gasteiger charge is 2.50. The van der Waals surface area contributed by atoms with Gasteiger partial charge in [0.05, 0.1) is 5.25 Å². The summed E-state index contributed by atoms with van der Waals surface area (Å²) in [7, 11) is 0. The van der Waals surface area contributed by atoms with Gasteiger partial charge >= 0.3 is 5.97 Å². The molecule has 0 saturated heterocycles. The van der Waals surface area contributed by atoms with Crippen LogP contribution in [0.4, 0.5) is 5.69 Å². The molecule has 1 amide bonds. The van der Waals surface area contributed by atoms with E-state index in [0.717, 1.165) is 17.3 Å². The average Bonchev–Trinajstić information content (AvgIpc) is 2.70. The molecule has 0 bridgehead atoms. The Hall–Kier alpha value is -1.82. The van der Waals surface area contributed by atoms with E-state index in [0.29, 0.717) is 5.69 Å². The zero-order chi connectivity index (χ0) is 15.8. The van der Waals surface area contributed by atoms with Crippen LogP contribution < -0.4 is 4.90 Å². The van der Waals surface area contributed by atoms with Crippen molar-refractivity contribution in [3.05, 3.63) is 29.8 Å². The second-order valence-corrected chi connectivity index (χ2v) is 6.83. The number of para-hydroxylation sites is 1. The van der Waals surface area contributed by atoms with Gasteiger partial charge in [-0.25, -0.2) is 4.79 Å². The Morgan fingerprint density at radius 3 is 2.52 bits per heavy atom. The zero-order valence-corrected chi connectivity index (χ0v) is 12.9. The Morgan fingerprint density at radius 1 is 1.33 bits per heavy atom. The summed E-state index contributed by atoms with van der Waals surface area (Å²) >= 11 is 0.913. The second-order valence-electron chi connectivity index (χ2n) is 5.31. The summed E-state index contributed by atoms with van der Waals surface area (Å²) in [6.45, 7) is 4.55. The number of carbonyl (C=O) groups excluding carboxylic acids is 2. The molecular formula is C15H17NO4S. The van der Waals surface area contributed by atoms with Crippen LogP contribution in [0.25, 0.3) is 0 Å². The molecule has 2 atom stereocenters. The maximum atomic E-state index is 12.7. The Morgan fingerprint density at radius 2 is 1.95 bits per heavy atom. The third-order valence-electron chi connectivity index (χ3n) is 3.63. The molecule has 2 rings (SSSR count). The summed E-state index contributed by atoms with van der Waals surface area (Å²) < 4.78 is 0. The van der Waals surface area contributed by atoms with Crippen LogP contribution in [0.2, 0.25) is 0 Å². The number of rotatable bonds is 3. The molecule has 21 heavy (non-hydrogen) atoms. The molecule has 0 spiro atoms. The number of carboxylic acids is 1. The minimum atomic E-state index is -1.31. The van der Waals surface area contributed by atoms with Crippen molar-refractivity contribution in [2.75, 3.05) is 4.90 Å². The van der Waals surface area contributed by atoms with Gasteiger partial charge in [-0.2, -0.15) is 0 Å². The largest absolute Gasteiger partial charge is 0.479 e. The molecule has 6 heteroatoms. The SMILES string of the molecule is CC(=O)SC(C)C(=O)N1c2ccccc2CC1(C)C(=O)O. The van der Waals surface area contributed by atoms with Gasteiger partial charge in [-0.05, 0) is 25.5 Å². The van der Waals surface area contributed by atoms with Crippen LogP contribution in [0, 0.1) is 0 Å². The molecule has 0 saturated carbocycles. The lowest BCUT2D eigenvalue weighted by Gasteiger charge is -2.33. The number of nitrogens with zero attached hydrogens (tertiary/aromatic N) is 1. The van der Waals surface area contributed by atoms with Crippen molar-refractivity contribution >= 4 is 34.4 Å². The molecule has 0 aromatic heterocycles. The molecule has 0 aliphatic carbocycles. The number of aliphatic carboxylic acids is 1. The summed E-state index contributed by atoms with van der Waals surface area (Å²) in [6.07, 6.45) is 0.266. The summed E-state index contributed by atoms with van der Waals surface area (Å²) in [6, 6.07) is 7.16. The Balaban J connectivity index is 2.44. The predicted octanol–water partition coefficient (Wildman–Crippen LogP) is 2.09. The smallest absolute Gasteiger partial charge is 0.330 e. The van der Waals surface area contributed by atoms with Crippen LogP contribution >= 0.6 is 11.8 Å². The molecule has 1 aromatic carbocycles. The van der Waals surface area contributed by atoms with Crippen molar-refractivity contribution in [1.82, 2.24) is 0 Å². The normalized spacial score (nSPS) is 21.8. The Bertz CT molecular complexity index is 615. The van der Waals surface area contributed by atoms with Gasteiger partial charge in [-0.1, -0.05) is 30.0 Å². The van der Waals surface area contributed by atoms with Gasteiger partial charge in [0.25, 0.3) is 0 Å². The maximum absolute atomic E-state index is 12.7. The van der Waals surface area contributed by atoms with Crippen LogP contribution in [0.5, 0.6) is 0 Å². The van der Waals surface area contributed by atoms with Crippen molar-refractivity contribution in [2.24, 2.45) is 0 Å². The van der Waals surface area contributed by atoms with Crippen molar-refractivity contribution < 1.29 is 19.5 Å². The molecule has 2 unspecified atom stereocenters. The summed E-state index contributed by atoms with van der Waals surface area (Å²) in [5.74, 6) is -1.41. The molecule has 5 nitrogen and oxygen atoms in total. The minimum absolute atomic E-state index is 0.166. The third-order valence-corrected chi connectivity index (χ3v) is 4.52. The van der Waals surface area contributed by atoms with E-state index in [1.54, 1.807) is 26.0 Å². The van der Waals surface area contributed by atoms with Gasteiger partial charge in [0, 0.05) is 19.0 Å². The van der Waals surface area contributed by atoms with Gasteiger partial charge in [-0.15, -0.1) is 0 Å². The monoisotopic (exact) mass is 307 g/mol. The molecule has 1 aliphatic heterocycles. The quantitative estimate of drug-likeness (QED) is 0.925. The van der Waals surface area contributed by atoms with E-state index in [-0.39, 0.29) is 17.4 Å². The first-order valence-electron chi connectivity index (χ1n) is 6.60. The lowest BCUT2D eigenvalue weighted by molar-refractivity contribution is -0.144. The molecule has 1 heterocycles.